The average Bonchev–Trinajstić information content (AvgIpc) is 3.27. The Labute approximate surface area is 208 Å². The van der Waals surface area contributed by atoms with E-state index >= 15 is 0 Å². The Balaban J connectivity index is 1.69. The van der Waals surface area contributed by atoms with Crippen molar-refractivity contribution in [3.8, 4) is 6.07 Å². The number of hydrogen-bond donors (Lipinski definition) is 2. The van der Waals surface area contributed by atoms with Crippen LogP contribution in [0.15, 0.2) is 66.7 Å². The second-order valence-corrected chi connectivity index (χ2v) is 8.70. The van der Waals surface area contributed by atoms with Crippen LogP contribution >= 0.6 is 23.2 Å². The van der Waals surface area contributed by atoms with E-state index in [-0.39, 0.29) is 21.3 Å². The van der Waals surface area contributed by atoms with Gasteiger partial charge in [0.25, 0.3) is 5.91 Å². The molecule has 3 aromatic rings. The molecule has 1 unspecified atom stereocenters. The zero-order chi connectivity index (χ0) is 25.4. The molecular formula is C25H16Cl2F3N3O2. The van der Waals surface area contributed by atoms with Crippen molar-refractivity contribution in [2.75, 3.05) is 5.32 Å². The molecule has 3 aromatic carbocycles. The van der Waals surface area contributed by atoms with Crippen LogP contribution in [-0.4, -0.2) is 12.1 Å². The normalized spacial score (nSPS) is 17.3. The summed E-state index contributed by atoms with van der Waals surface area (Å²) >= 11 is 11.9. The van der Waals surface area contributed by atoms with Gasteiger partial charge < -0.3 is 5.32 Å². The maximum Gasteiger partial charge on any atom is 0.428 e. The highest BCUT2D eigenvalue weighted by Gasteiger charge is 2.59. The predicted octanol–water partition coefficient (Wildman–Crippen LogP) is 6.76. The molecule has 0 saturated heterocycles. The first-order valence-electron chi connectivity index (χ1n) is 10.1. The van der Waals surface area contributed by atoms with Crippen LogP contribution < -0.4 is 10.8 Å². The third kappa shape index (κ3) is 4.84. The lowest BCUT2D eigenvalue weighted by molar-refractivity contribution is -0.269. The molecule has 178 valence electrons. The highest BCUT2D eigenvalue weighted by Crippen LogP contribution is 2.48. The van der Waals surface area contributed by atoms with Crippen molar-refractivity contribution in [3.05, 3.63) is 105 Å². The molecule has 2 N–H and O–H groups in total. The molecule has 10 heteroatoms. The van der Waals surface area contributed by atoms with Gasteiger partial charge in [-0.2, -0.15) is 18.4 Å². The number of benzene rings is 3. The van der Waals surface area contributed by atoms with E-state index < -0.39 is 17.7 Å². The zero-order valence-corrected chi connectivity index (χ0v) is 19.5. The highest BCUT2D eigenvalue weighted by molar-refractivity contribution is 6.34. The van der Waals surface area contributed by atoms with Gasteiger partial charge in [0, 0.05) is 32.4 Å². The number of carbonyl (C=O) groups excluding carboxylic acids is 1. The Morgan fingerprint density at radius 3 is 2.31 bits per heavy atom. The van der Waals surface area contributed by atoms with E-state index in [1.165, 1.54) is 36.4 Å². The highest BCUT2D eigenvalue weighted by atomic mass is 35.5. The Bertz CT molecular complexity index is 1360. The molecule has 0 spiro atoms. The van der Waals surface area contributed by atoms with Gasteiger partial charge in [0.15, 0.2) is 0 Å². The second kappa shape index (κ2) is 9.27. The van der Waals surface area contributed by atoms with E-state index in [0.717, 1.165) is 18.2 Å². The summed E-state index contributed by atoms with van der Waals surface area (Å²) in [5, 5.41) is 11.7. The number of aryl methyl sites for hydroxylation is 1. The van der Waals surface area contributed by atoms with Gasteiger partial charge in [-0.25, -0.2) is 0 Å². The molecular weight excluding hydrogens is 502 g/mol. The molecule has 1 atom stereocenters. The molecule has 4 rings (SSSR count). The lowest BCUT2D eigenvalue weighted by Crippen LogP contribution is -2.42. The summed E-state index contributed by atoms with van der Waals surface area (Å²) in [5.74, 6) is -0.433. The number of hydroxylamine groups is 1. The van der Waals surface area contributed by atoms with E-state index in [0.29, 0.717) is 27.9 Å². The van der Waals surface area contributed by atoms with E-state index in [2.05, 4.69) is 10.8 Å². The third-order valence-electron chi connectivity index (χ3n) is 5.46. The number of hydrogen-bond acceptors (Lipinski definition) is 4. The molecule has 0 aromatic heterocycles. The van der Waals surface area contributed by atoms with E-state index in [9.17, 15) is 18.0 Å². The van der Waals surface area contributed by atoms with Crippen LogP contribution in [-0.2, 0) is 10.4 Å². The van der Waals surface area contributed by atoms with Gasteiger partial charge in [-0.3, -0.25) is 15.1 Å². The Hall–Kier alpha value is -3.51. The fourth-order valence-electron chi connectivity index (χ4n) is 3.57. The summed E-state index contributed by atoms with van der Waals surface area (Å²) in [6.45, 7) is 1.75. The van der Waals surface area contributed by atoms with E-state index in [1.54, 1.807) is 19.1 Å². The van der Waals surface area contributed by atoms with Gasteiger partial charge in [0.1, 0.15) is 0 Å². The van der Waals surface area contributed by atoms with Crippen molar-refractivity contribution >= 4 is 40.5 Å². The summed E-state index contributed by atoms with van der Waals surface area (Å²) in [6.07, 6.45) is -3.93. The largest absolute Gasteiger partial charge is 0.428 e. The number of nitriles is 1. The summed E-state index contributed by atoms with van der Waals surface area (Å²) in [5.41, 5.74) is 1.48. The quantitative estimate of drug-likeness (QED) is 0.401. The van der Waals surface area contributed by atoms with Crippen LogP contribution in [0.5, 0.6) is 0 Å². The minimum atomic E-state index is -4.84. The molecule has 0 saturated carbocycles. The van der Waals surface area contributed by atoms with Gasteiger partial charge in [-0.05, 0) is 67.1 Å². The maximum absolute atomic E-state index is 14.2. The first-order chi connectivity index (χ1) is 16.5. The van der Waals surface area contributed by atoms with Crippen LogP contribution in [0.2, 0.25) is 10.0 Å². The molecule has 1 amide bonds. The average molecular weight is 518 g/mol. The van der Waals surface area contributed by atoms with Crippen molar-refractivity contribution in [2.45, 2.75) is 18.7 Å². The Morgan fingerprint density at radius 2 is 1.71 bits per heavy atom. The molecule has 1 heterocycles. The predicted molar refractivity (Wildman–Crippen MR) is 127 cm³/mol. The lowest BCUT2D eigenvalue weighted by Gasteiger charge is -2.28. The molecule has 1 aliphatic rings. The van der Waals surface area contributed by atoms with Crippen molar-refractivity contribution < 1.29 is 22.8 Å². The molecule has 5 nitrogen and oxygen atoms in total. The van der Waals surface area contributed by atoms with E-state index in [1.807, 2.05) is 6.07 Å². The summed E-state index contributed by atoms with van der Waals surface area (Å²) in [4.78, 5) is 17.8. The number of nitrogens with zero attached hydrogens (tertiary/aromatic N) is 1. The molecule has 35 heavy (non-hydrogen) atoms. The molecule has 0 bridgehead atoms. The van der Waals surface area contributed by atoms with Gasteiger partial charge in [0.05, 0.1) is 17.3 Å². The molecule has 0 aliphatic carbocycles. The number of anilines is 1. The van der Waals surface area contributed by atoms with Gasteiger partial charge in [0.2, 0.25) is 5.60 Å². The number of nitrogens with one attached hydrogen (secondary N) is 2. The van der Waals surface area contributed by atoms with Gasteiger partial charge in [-0.1, -0.05) is 35.3 Å². The Morgan fingerprint density at radius 1 is 1.06 bits per heavy atom. The minimum absolute atomic E-state index is 0.0321. The standard InChI is InChI=1S/C25H16Cl2F3N3O2/c1-14-2-5-17(8-21(14)32-23(34)16-6-3-15(13-31)4-7-16)22-12-24(35-33-22,25(28,29)30)18-9-19(26)11-20(27)10-18/h2-12,33H,1H3,(H,32,34). The number of amides is 1. The first kappa shape index (κ1) is 24.6. The second-order valence-electron chi connectivity index (χ2n) is 7.83. The number of carbonyl (C=O) groups is 1. The van der Waals surface area contributed by atoms with Crippen LogP contribution in [0.25, 0.3) is 5.70 Å². The SMILES string of the molecule is Cc1ccc(C2=CC(c3cc(Cl)cc(Cl)c3)(C(F)(F)F)ON2)cc1NC(=O)c1ccc(C#N)cc1. The number of halogens is 5. The maximum atomic E-state index is 14.2. The number of alkyl halides is 3. The smallest absolute Gasteiger partial charge is 0.322 e. The summed E-state index contributed by atoms with van der Waals surface area (Å²) in [6, 6.07) is 16.4. The Kier molecular flexibility index (Phi) is 6.52. The molecule has 0 fully saturated rings. The van der Waals surface area contributed by atoms with Crippen LogP contribution in [0, 0.1) is 18.3 Å². The molecule has 0 radical (unpaired) electrons. The minimum Gasteiger partial charge on any atom is -0.322 e. The van der Waals surface area contributed by atoms with Crippen molar-refractivity contribution in [3.63, 3.8) is 0 Å². The molecule has 1 aliphatic heterocycles. The number of rotatable bonds is 4. The van der Waals surface area contributed by atoms with Crippen molar-refractivity contribution in [1.29, 1.82) is 5.26 Å². The fourth-order valence-corrected chi connectivity index (χ4v) is 4.09. The van der Waals surface area contributed by atoms with Gasteiger partial charge in [-0.15, -0.1) is 0 Å². The van der Waals surface area contributed by atoms with Crippen LogP contribution in [0.3, 0.4) is 0 Å². The van der Waals surface area contributed by atoms with Crippen LogP contribution in [0.4, 0.5) is 18.9 Å². The van der Waals surface area contributed by atoms with Crippen LogP contribution in [0.1, 0.15) is 32.6 Å². The van der Waals surface area contributed by atoms with Gasteiger partial charge >= 0.3 is 6.18 Å². The van der Waals surface area contributed by atoms with E-state index in [4.69, 9.17) is 33.3 Å². The fraction of sp³-hybridized carbons (Fsp3) is 0.120. The first-order valence-corrected chi connectivity index (χ1v) is 10.9. The summed E-state index contributed by atoms with van der Waals surface area (Å²) < 4.78 is 42.7. The van der Waals surface area contributed by atoms with Crippen molar-refractivity contribution in [2.24, 2.45) is 0 Å². The third-order valence-corrected chi connectivity index (χ3v) is 5.89. The van der Waals surface area contributed by atoms with Crippen molar-refractivity contribution in [1.82, 2.24) is 5.48 Å². The topological polar surface area (TPSA) is 74.2 Å². The monoisotopic (exact) mass is 517 g/mol. The zero-order valence-electron chi connectivity index (χ0n) is 18.0. The summed E-state index contributed by atoms with van der Waals surface area (Å²) in [7, 11) is 0. The lowest BCUT2D eigenvalue weighted by atomic mass is 9.91.